The maximum Gasteiger partial charge on any atom is 0.240 e. The van der Waals surface area contributed by atoms with Crippen LogP contribution in [-0.4, -0.2) is 17.5 Å². The summed E-state index contributed by atoms with van der Waals surface area (Å²) in [7, 11) is 0. The summed E-state index contributed by atoms with van der Waals surface area (Å²) in [4.78, 5) is 10.8. The first-order chi connectivity index (χ1) is 4.72. The lowest BCUT2D eigenvalue weighted by molar-refractivity contribution is -0.130. The fraction of sp³-hybridized carbons (Fsp3) is 0.286. The van der Waals surface area contributed by atoms with Crippen molar-refractivity contribution < 1.29 is 4.79 Å². The highest BCUT2D eigenvalue weighted by molar-refractivity contribution is 5.77. The van der Waals surface area contributed by atoms with E-state index in [1.54, 1.807) is 6.08 Å². The van der Waals surface area contributed by atoms with Gasteiger partial charge in [-0.25, -0.2) is 5.84 Å². The number of hydrogen-bond acceptors (Lipinski definition) is 2. The van der Waals surface area contributed by atoms with E-state index in [1.807, 2.05) is 0 Å². The van der Waals surface area contributed by atoms with Crippen LogP contribution in [0.15, 0.2) is 25.3 Å². The molecule has 0 spiro atoms. The van der Waals surface area contributed by atoms with Crippen LogP contribution in [0.25, 0.3) is 0 Å². The normalized spacial score (nSPS) is 8.50. The van der Waals surface area contributed by atoms with Crippen molar-refractivity contribution in [2.24, 2.45) is 5.84 Å². The van der Waals surface area contributed by atoms with Gasteiger partial charge in [-0.3, -0.25) is 9.80 Å². The minimum Gasteiger partial charge on any atom is -0.277 e. The van der Waals surface area contributed by atoms with Crippen molar-refractivity contribution in [2.75, 3.05) is 6.54 Å². The highest BCUT2D eigenvalue weighted by atomic mass is 16.2. The minimum absolute atomic E-state index is 0.144. The second-order valence-corrected chi connectivity index (χ2v) is 1.83. The Morgan fingerprint density at radius 3 is 2.50 bits per heavy atom. The molecule has 3 nitrogen and oxygen atoms in total. The summed E-state index contributed by atoms with van der Waals surface area (Å²) in [6.45, 7) is 7.24. The molecule has 10 heavy (non-hydrogen) atoms. The van der Waals surface area contributed by atoms with Gasteiger partial charge in [0.15, 0.2) is 0 Å². The first kappa shape index (κ1) is 8.91. The van der Waals surface area contributed by atoms with Crippen molar-refractivity contribution in [3.8, 4) is 0 Å². The van der Waals surface area contributed by atoms with Crippen molar-refractivity contribution in [3.63, 3.8) is 0 Å². The molecule has 1 amide bonds. The Hall–Kier alpha value is -1.09. The molecule has 56 valence electrons. The molecule has 0 saturated carbocycles. The number of rotatable bonds is 4. The van der Waals surface area contributed by atoms with E-state index in [9.17, 15) is 4.79 Å². The molecule has 3 heteroatoms. The van der Waals surface area contributed by atoms with E-state index in [0.29, 0.717) is 6.54 Å². The summed E-state index contributed by atoms with van der Waals surface area (Å²) in [5, 5.41) is 1.11. The molecule has 0 saturated heterocycles. The summed E-state index contributed by atoms with van der Waals surface area (Å²) >= 11 is 0. The summed E-state index contributed by atoms with van der Waals surface area (Å²) in [5.74, 6) is 5.13. The third kappa shape index (κ3) is 3.04. The largest absolute Gasteiger partial charge is 0.277 e. The van der Waals surface area contributed by atoms with E-state index in [4.69, 9.17) is 5.84 Å². The lowest BCUT2D eigenvalue weighted by Crippen LogP contribution is -2.36. The standard InChI is InChI=1S/C7H12N2O/c1-3-5-7(10)9(8)6-4-2/h3-4H,1-2,5-6,8H2. The zero-order chi connectivity index (χ0) is 7.98. The zero-order valence-electron chi connectivity index (χ0n) is 5.92. The highest BCUT2D eigenvalue weighted by Crippen LogP contribution is 1.87. The molecule has 0 aliphatic rings. The molecule has 0 fully saturated rings. The van der Waals surface area contributed by atoms with Crippen LogP contribution in [0.2, 0.25) is 0 Å². The number of hydrogen-bond donors (Lipinski definition) is 1. The highest BCUT2D eigenvalue weighted by Gasteiger charge is 2.02. The van der Waals surface area contributed by atoms with Crippen LogP contribution in [-0.2, 0) is 4.79 Å². The van der Waals surface area contributed by atoms with E-state index >= 15 is 0 Å². The van der Waals surface area contributed by atoms with Gasteiger partial charge in [0, 0.05) is 6.42 Å². The first-order valence-electron chi connectivity index (χ1n) is 2.99. The lowest BCUT2D eigenvalue weighted by Gasteiger charge is -2.11. The van der Waals surface area contributed by atoms with Gasteiger partial charge >= 0.3 is 0 Å². The molecule has 0 bridgehead atoms. The Labute approximate surface area is 60.8 Å². The van der Waals surface area contributed by atoms with Crippen molar-refractivity contribution in [1.29, 1.82) is 0 Å². The minimum atomic E-state index is -0.144. The Balaban J connectivity index is 3.68. The Morgan fingerprint density at radius 2 is 2.10 bits per heavy atom. The number of amides is 1. The lowest BCUT2D eigenvalue weighted by atomic mass is 10.4. The van der Waals surface area contributed by atoms with Crippen molar-refractivity contribution in [1.82, 2.24) is 5.01 Å². The van der Waals surface area contributed by atoms with E-state index < -0.39 is 0 Å². The summed E-state index contributed by atoms with van der Waals surface area (Å²) in [6.07, 6.45) is 3.37. The quantitative estimate of drug-likeness (QED) is 0.267. The molecule has 0 unspecified atom stereocenters. The number of nitrogens with zero attached hydrogens (tertiary/aromatic N) is 1. The van der Waals surface area contributed by atoms with Gasteiger partial charge in [-0.2, -0.15) is 0 Å². The first-order valence-corrected chi connectivity index (χ1v) is 2.99. The molecule has 0 rings (SSSR count). The van der Waals surface area contributed by atoms with Crippen LogP contribution >= 0.6 is 0 Å². The molecule has 0 atom stereocenters. The van der Waals surface area contributed by atoms with Gasteiger partial charge in [-0.15, -0.1) is 13.2 Å². The number of hydrazine groups is 1. The third-order valence-electron chi connectivity index (χ3n) is 0.965. The van der Waals surface area contributed by atoms with Crippen LogP contribution in [0.3, 0.4) is 0 Å². The molecule has 0 aromatic carbocycles. The predicted octanol–water partition coefficient (Wildman–Crippen LogP) is 0.451. The molecule has 2 N–H and O–H groups in total. The van der Waals surface area contributed by atoms with Gasteiger partial charge in [0.2, 0.25) is 5.91 Å². The average Bonchev–Trinajstić information content (AvgIpc) is 1.89. The maximum atomic E-state index is 10.8. The van der Waals surface area contributed by atoms with Crippen molar-refractivity contribution in [2.45, 2.75) is 6.42 Å². The number of nitrogens with two attached hydrogens (primary N) is 1. The van der Waals surface area contributed by atoms with Crippen molar-refractivity contribution in [3.05, 3.63) is 25.3 Å². The topological polar surface area (TPSA) is 46.3 Å². The molecule has 0 radical (unpaired) electrons. The van der Waals surface area contributed by atoms with Crippen LogP contribution in [0.1, 0.15) is 6.42 Å². The summed E-state index contributed by atoms with van der Waals surface area (Å²) in [6, 6.07) is 0. The SMILES string of the molecule is C=CCC(=O)N(N)CC=C. The van der Waals surface area contributed by atoms with Crippen molar-refractivity contribution >= 4 is 5.91 Å². The Bertz CT molecular complexity index is 143. The third-order valence-corrected chi connectivity index (χ3v) is 0.965. The molecule has 0 aromatic heterocycles. The predicted molar refractivity (Wildman–Crippen MR) is 40.9 cm³/mol. The molecule has 0 aliphatic heterocycles. The average molecular weight is 140 g/mol. The van der Waals surface area contributed by atoms with Gasteiger partial charge < -0.3 is 0 Å². The molecule has 0 heterocycles. The number of carbonyl (C=O) groups is 1. The van der Waals surface area contributed by atoms with E-state index in [1.165, 1.54) is 6.08 Å². The second-order valence-electron chi connectivity index (χ2n) is 1.83. The fourth-order valence-electron chi connectivity index (χ4n) is 0.482. The number of carbonyl (C=O) groups excluding carboxylic acids is 1. The van der Waals surface area contributed by atoms with Gasteiger partial charge in [0.05, 0.1) is 6.54 Å². The van der Waals surface area contributed by atoms with Gasteiger partial charge in [0.1, 0.15) is 0 Å². The van der Waals surface area contributed by atoms with E-state index in [0.717, 1.165) is 5.01 Å². The Kier molecular flexibility index (Phi) is 4.24. The summed E-state index contributed by atoms with van der Waals surface area (Å²) in [5.41, 5.74) is 0. The molecule has 0 aromatic rings. The second kappa shape index (κ2) is 4.76. The van der Waals surface area contributed by atoms with E-state index in [2.05, 4.69) is 13.2 Å². The smallest absolute Gasteiger partial charge is 0.240 e. The van der Waals surface area contributed by atoms with Crippen LogP contribution in [0.5, 0.6) is 0 Å². The monoisotopic (exact) mass is 140 g/mol. The van der Waals surface area contributed by atoms with Gasteiger partial charge in [-0.05, 0) is 0 Å². The van der Waals surface area contributed by atoms with Crippen LogP contribution in [0.4, 0.5) is 0 Å². The van der Waals surface area contributed by atoms with Crippen LogP contribution < -0.4 is 5.84 Å². The zero-order valence-corrected chi connectivity index (χ0v) is 5.92. The van der Waals surface area contributed by atoms with Gasteiger partial charge in [0.25, 0.3) is 0 Å². The molecular formula is C7H12N2O. The molecule has 0 aliphatic carbocycles. The fourth-order valence-corrected chi connectivity index (χ4v) is 0.482. The summed E-state index contributed by atoms with van der Waals surface area (Å²) < 4.78 is 0. The molecular weight excluding hydrogens is 128 g/mol. The Morgan fingerprint density at radius 1 is 1.50 bits per heavy atom. The van der Waals surface area contributed by atoms with E-state index in [-0.39, 0.29) is 12.3 Å². The van der Waals surface area contributed by atoms with Crippen LogP contribution in [0, 0.1) is 0 Å². The maximum absolute atomic E-state index is 10.8. The van der Waals surface area contributed by atoms with Gasteiger partial charge in [-0.1, -0.05) is 12.2 Å².